The number of amides is 1. The molecule has 1 aromatic carbocycles. The van der Waals surface area contributed by atoms with Gasteiger partial charge in [-0.2, -0.15) is 0 Å². The summed E-state index contributed by atoms with van der Waals surface area (Å²) < 4.78 is 10.1. The van der Waals surface area contributed by atoms with Crippen molar-refractivity contribution < 1.29 is 19.1 Å². The van der Waals surface area contributed by atoms with Crippen LogP contribution < -0.4 is 10.1 Å². The number of carbonyl (C=O) groups is 1. The van der Waals surface area contributed by atoms with Crippen LogP contribution >= 0.6 is 11.6 Å². The molecule has 20 heavy (non-hydrogen) atoms. The molecule has 0 aliphatic carbocycles. The molecule has 1 heterocycles. The molecule has 1 aromatic heterocycles. The van der Waals surface area contributed by atoms with Gasteiger partial charge in [-0.15, -0.1) is 0 Å². The molecule has 2 rings (SSSR count). The minimum absolute atomic E-state index is 0.0146. The van der Waals surface area contributed by atoms with Crippen molar-refractivity contribution in [2.75, 3.05) is 13.7 Å². The highest BCUT2D eigenvalue weighted by atomic mass is 35.5. The standard InChI is InChI=1S/C14H14ClNO4/c1-19-12-5-2-4-9(15)13(12)14(18)16-8-10(17)11-6-3-7-20-11/h2-7,10,17H,8H2,1H3,(H,16,18). The van der Waals surface area contributed by atoms with Crippen molar-refractivity contribution in [1.29, 1.82) is 0 Å². The van der Waals surface area contributed by atoms with Crippen molar-refractivity contribution in [2.24, 2.45) is 0 Å². The summed E-state index contributed by atoms with van der Waals surface area (Å²) in [5.74, 6) is 0.344. The number of nitrogens with one attached hydrogen (secondary N) is 1. The van der Waals surface area contributed by atoms with Crippen molar-refractivity contribution >= 4 is 17.5 Å². The van der Waals surface area contributed by atoms with Gasteiger partial charge in [-0.3, -0.25) is 4.79 Å². The fraction of sp³-hybridized carbons (Fsp3) is 0.214. The Bertz CT molecular complexity index is 583. The average Bonchev–Trinajstić information content (AvgIpc) is 2.98. The van der Waals surface area contributed by atoms with Crippen LogP contribution in [-0.2, 0) is 0 Å². The van der Waals surface area contributed by atoms with E-state index in [0.717, 1.165) is 0 Å². The zero-order valence-electron chi connectivity index (χ0n) is 10.8. The Morgan fingerprint density at radius 2 is 2.25 bits per heavy atom. The van der Waals surface area contributed by atoms with Gasteiger partial charge in [0.2, 0.25) is 0 Å². The number of hydrogen-bond donors (Lipinski definition) is 2. The van der Waals surface area contributed by atoms with E-state index in [1.165, 1.54) is 13.4 Å². The number of ether oxygens (including phenoxy) is 1. The molecule has 2 aromatic rings. The monoisotopic (exact) mass is 295 g/mol. The quantitative estimate of drug-likeness (QED) is 0.888. The van der Waals surface area contributed by atoms with Crippen LogP contribution in [0.4, 0.5) is 0 Å². The molecule has 1 atom stereocenters. The van der Waals surface area contributed by atoms with E-state index in [1.807, 2.05) is 0 Å². The summed E-state index contributed by atoms with van der Waals surface area (Å²) >= 11 is 6.00. The Kier molecular flexibility index (Phi) is 4.65. The highest BCUT2D eigenvalue weighted by Gasteiger charge is 2.18. The molecule has 0 fully saturated rings. The fourth-order valence-corrected chi connectivity index (χ4v) is 2.01. The normalized spacial score (nSPS) is 11.9. The summed E-state index contributed by atoms with van der Waals surface area (Å²) in [6.07, 6.45) is 0.541. The maximum Gasteiger partial charge on any atom is 0.256 e. The molecule has 0 radical (unpaired) electrons. The highest BCUT2D eigenvalue weighted by molar-refractivity contribution is 6.34. The topological polar surface area (TPSA) is 71.7 Å². The van der Waals surface area contributed by atoms with Gasteiger partial charge in [0.15, 0.2) is 0 Å². The minimum atomic E-state index is -0.914. The van der Waals surface area contributed by atoms with Crippen LogP contribution in [0.2, 0.25) is 5.02 Å². The first kappa shape index (κ1) is 14.4. The second-order valence-corrected chi connectivity index (χ2v) is 4.47. The summed E-state index contributed by atoms with van der Waals surface area (Å²) in [6, 6.07) is 8.23. The van der Waals surface area contributed by atoms with Crippen LogP contribution in [0.25, 0.3) is 0 Å². The Hall–Kier alpha value is -1.98. The highest BCUT2D eigenvalue weighted by Crippen LogP contribution is 2.26. The summed E-state index contributed by atoms with van der Waals surface area (Å²) in [5.41, 5.74) is 0.239. The molecule has 106 valence electrons. The van der Waals surface area contributed by atoms with Crippen molar-refractivity contribution in [3.63, 3.8) is 0 Å². The van der Waals surface area contributed by atoms with Crippen LogP contribution in [0.3, 0.4) is 0 Å². The lowest BCUT2D eigenvalue weighted by atomic mass is 10.1. The first-order valence-electron chi connectivity index (χ1n) is 5.95. The van der Waals surface area contributed by atoms with E-state index in [0.29, 0.717) is 11.5 Å². The lowest BCUT2D eigenvalue weighted by molar-refractivity contribution is 0.0898. The van der Waals surface area contributed by atoms with E-state index in [2.05, 4.69) is 5.32 Å². The van der Waals surface area contributed by atoms with Gasteiger partial charge in [0.25, 0.3) is 5.91 Å². The maximum atomic E-state index is 12.1. The van der Waals surface area contributed by atoms with Gasteiger partial charge in [-0.25, -0.2) is 0 Å². The Morgan fingerprint density at radius 3 is 2.90 bits per heavy atom. The fourth-order valence-electron chi connectivity index (χ4n) is 1.75. The average molecular weight is 296 g/mol. The summed E-state index contributed by atoms with van der Waals surface area (Å²) in [6.45, 7) is 0.0146. The summed E-state index contributed by atoms with van der Waals surface area (Å²) in [7, 11) is 1.46. The van der Waals surface area contributed by atoms with Gasteiger partial charge in [0.1, 0.15) is 17.6 Å². The van der Waals surface area contributed by atoms with Crippen molar-refractivity contribution in [3.05, 3.63) is 52.9 Å². The summed E-state index contributed by atoms with van der Waals surface area (Å²) in [5, 5.41) is 12.7. The molecule has 0 aliphatic heterocycles. The zero-order chi connectivity index (χ0) is 14.5. The van der Waals surface area contributed by atoms with Crippen LogP contribution in [0, 0.1) is 0 Å². The van der Waals surface area contributed by atoms with E-state index in [-0.39, 0.29) is 17.1 Å². The maximum absolute atomic E-state index is 12.1. The number of aliphatic hydroxyl groups excluding tert-OH is 1. The van der Waals surface area contributed by atoms with Crippen LogP contribution in [-0.4, -0.2) is 24.7 Å². The molecule has 0 saturated heterocycles. The van der Waals surface area contributed by atoms with E-state index < -0.39 is 12.0 Å². The molecule has 5 nitrogen and oxygen atoms in total. The van der Waals surface area contributed by atoms with E-state index >= 15 is 0 Å². The number of benzene rings is 1. The third-order valence-electron chi connectivity index (χ3n) is 2.75. The van der Waals surface area contributed by atoms with Crippen LogP contribution in [0.15, 0.2) is 41.0 Å². The SMILES string of the molecule is COc1cccc(Cl)c1C(=O)NCC(O)c1ccco1. The van der Waals surface area contributed by atoms with Crippen LogP contribution in [0.5, 0.6) is 5.75 Å². The largest absolute Gasteiger partial charge is 0.496 e. The Labute approximate surface area is 121 Å². The number of aliphatic hydroxyl groups is 1. The van der Waals surface area contributed by atoms with Crippen LogP contribution in [0.1, 0.15) is 22.2 Å². The lowest BCUT2D eigenvalue weighted by Gasteiger charge is -2.12. The number of rotatable bonds is 5. The van der Waals surface area contributed by atoms with Crippen molar-refractivity contribution in [2.45, 2.75) is 6.10 Å². The van der Waals surface area contributed by atoms with Crippen molar-refractivity contribution in [1.82, 2.24) is 5.32 Å². The van der Waals surface area contributed by atoms with Gasteiger partial charge in [0.05, 0.1) is 30.5 Å². The van der Waals surface area contributed by atoms with E-state index in [1.54, 1.807) is 30.3 Å². The third-order valence-corrected chi connectivity index (χ3v) is 3.06. The van der Waals surface area contributed by atoms with Gasteiger partial charge < -0.3 is 19.6 Å². The molecule has 0 saturated carbocycles. The third kappa shape index (κ3) is 3.12. The molecule has 0 bridgehead atoms. The van der Waals surface area contributed by atoms with E-state index in [9.17, 15) is 9.90 Å². The molecular weight excluding hydrogens is 282 g/mol. The Morgan fingerprint density at radius 1 is 1.45 bits per heavy atom. The molecule has 1 unspecified atom stereocenters. The Balaban J connectivity index is 2.06. The first-order valence-corrected chi connectivity index (χ1v) is 6.33. The number of halogens is 1. The number of furan rings is 1. The predicted octanol–water partition coefficient (Wildman–Crippen LogP) is 2.41. The predicted molar refractivity (Wildman–Crippen MR) is 74.0 cm³/mol. The van der Waals surface area contributed by atoms with Crippen molar-refractivity contribution in [3.8, 4) is 5.75 Å². The molecular formula is C14H14ClNO4. The number of hydrogen-bond acceptors (Lipinski definition) is 4. The van der Waals surface area contributed by atoms with Gasteiger partial charge in [0, 0.05) is 0 Å². The second kappa shape index (κ2) is 6.45. The van der Waals surface area contributed by atoms with Gasteiger partial charge in [-0.05, 0) is 24.3 Å². The second-order valence-electron chi connectivity index (χ2n) is 4.06. The molecule has 1 amide bonds. The molecule has 0 spiro atoms. The number of carbonyl (C=O) groups excluding carboxylic acids is 1. The lowest BCUT2D eigenvalue weighted by Crippen LogP contribution is -2.28. The number of methoxy groups -OCH3 is 1. The van der Waals surface area contributed by atoms with Gasteiger partial charge >= 0.3 is 0 Å². The molecule has 2 N–H and O–H groups in total. The minimum Gasteiger partial charge on any atom is -0.496 e. The van der Waals surface area contributed by atoms with Gasteiger partial charge in [-0.1, -0.05) is 17.7 Å². The van der Waals surface area contributed by atoms with E-state index in [4.69, 9.17) is 20.8 Å². The molecule has 0 aliphatic rings. The smallest absolute Gasteiger partial charge is 0.256 e. The first-order chi connectivity index (χ1) is 9.63. The zero-order valence-corrected chi connectivity index (χ0v) is 11.6. The summed E-state index contributed by atoms with van der Waals surface area (Å²) in [4.78, 5) is 12.1. The molecule has 6 heteroatoms.